The Kier molecular flexibility index (Phi) is 1.16. The Morgan fingerprint density at radius 3 is 3.20 bits per heavy atom. The normalized spacial score (nSPS) is 15.3. The maximum atomic E-state index is 5.45. The van der Waals surface area contributed by atoms with Crippen LogP contribution in [0.1, 0.15) is 23.5 Å². The molecule has 0 aromatic carbocycles. The maximum Gasteiger partial charge on any atom is 0.111 e. The zero-order chi connectivity index (χ0) is 6.97. The molecule has 0 N–H and O–H groups in total. The Morgan fingerprint density at radius 1 is 1.50 bits per heavy atom. The quantitative estimate of drug-likeness (QED) is 0.531. The van der Waals surface area contributed by atoms with Crippen LogP contribution < -0.4 is 0 Å². The summed E-state index contributed by atoms with van der Waals surface area (Å²) >= 11 is 0. The van der Waals surface area contributed by atoms with Gasteiger partial charge in [0.15, 0.2) is 0 Å². The van der Waals surface area contributed by atoms with E-state index in [1.54, 1.807) is 0 Å². The third-order valence-electron chi connectivity index (χ3n) is 1.80. The summed E-state index contributed by atoms with van der Waals surface area (Å²) in [6.45, 7) is 1.99. The highest BCUT2D eigenvalue weighted by Gasteiger charge is 2.07. The lowest BCUT2D eigenvalue weighted by molar-refractivity contribution is 0.482. The second-order valence-corrected chi connectivity index (χ2v) is 2.68. The van der Waals surface area contributed by atoms with Crippen molar-refractivity contribution in [1.82, 2.24) is 0 Å². The number of furan rings is 1. The monoisotopic (exact) mass is 134 g/mol. The van der Waals surface area contributed by atoms with E-state index in [1.165, 1.54) is 5.56 Å². The first-order valence-corrected chi connectivity index (χ1v) is 3.62. The van der Waals surface area contributed by atoms with E-state index in [0.717, 1.165) is 24.4 Å². The number of hydrogen-bond acceptors (Lipinski definition) is 1. The average molecular weight is 134 g/mol. The van der Waals surface area contributed by atoms with Crippen LogP contribution in [-0.2, 0) is 6.42 Å². The van der Waals surface area contributed by atoms with Crippen molar-refractivity contribution < 1.29 is 4.42 Å². The topological polar surface area (TPSA) is 13.1 Å². The first-order valence-electron chi connectivity index (χ1n) is 3.62. The fourth-order valence-electron chi connectivity index (χ4n) is 1.34. The molecule has 0 saturated heterocycles. The standard InChI is InChI=1S/C9H10O/c1-7-6-8-4-2-3-5-9(8)10-7/h2,4,6H,3,5H2,1H3. The Bertz CT molecular complexity index is 268. The molecule has 0 saturated carbocycles. The minimum Gasteiger partial charge on any atom is -0.466 e. The third kappa shape index (κ3) is 0.783. The van der Waals surface area contributed by atoms with Gasteiger partial charge in [0.25, 0.3) is 0 Å². The third-order valence-corrected chi connectivity index (χ3v) is 1.80. The SMILES string of the molecule is Cc1cc2c(o1)CCC=C2. The van der Waals surface area contributed by atoms with E-state index in [9.17, 15) is 0 Å². The van der Waals surface area contributed by atoms with E-state index in [4.69, 9.17) is 4.42 Å². The van der Waals surface area contributed by atoms with Gasteiger partial charge >= 0.3 is 0 Å². The molecule has 2 rings (SSSR count). The second kappa shape index (κ2) is 2.01. The van der Waals surface area contributed by atoms with Crippen molar-refractivity contribution in [2.45, 2.75) is 19.8 Å². The average Bonchev–Trinajstić information content (AvgIpc) is 2.27. The van der Waals surface area contributed by atoms with Crippen LogP contribution in [-0.4, -0.2) is 0 Å². The van der Waals surface area contributed by atoms with Gasteiger partial charge in [-0.15, -0.1) is 0 Å². The fourth-order valence-corrected chi connectivity index (χ4v) is 1.34. The van der Waals surface area contributed by atoms with Gasteiger partial charge in [0, 0.05) is 12.0 Å². The summed E-state index contributed by atoms with van der Waals surface area (Å²) in [7, 11) is 0. The van der Waals surface area contributed by atoms with Crippen molar-refractivity contribution >= 4 is 6.08 Å². The molecule has 1 aromatic rings. The molecule has 0 aliphatic heterocycles. The lowest BCUT2D eigenvalue weighted by atomic mass is 10.1. The summed E-state index contributed by atoms with van der Waals surface area (Å²) < 4.78 is 5.45. The highest BCUT2D eigenvalue weighted by Crippen LogP contribution is 2.21. The van der Waals surface area contributed by atoms with E-state index in [2.05, 4.69) is 18.2 Å². The van der Waals surface area contributed by atoms with Crippen LogP contribution in [0, 0.1) is 6.92 Å². The molecule has 1 heterocycles. The molecule has 1 aromatic heterocycles. The molecule has 0 unspecified atom stereocenters. The lowest BCUT2D eigenvalue weighted by Crippen LogP contribution is -1.87. The van der Waals surface area contributed by atoms with Gasteiger partial charge < -0.3 is 4.42 Å². The number of rotatable bonds is 0. The van der Waals surface area contributed by atoms with E-state index in [0.29, 0.717) is 0 Å². The molecular formula is C9H10O. The first-order chi connectivity index (χ1) is 4.86. The minimum atomic E-state index is 1.02. The summed E-state index contributed by atoms with van der Waals surface area (Å²) in [5.74, 6) is 2.18. The van der Waals surface area contributed by atoms with Crippen molar-refractivity contribution in [2.75, 3.05) is 0 Å². The van der Waals surface area contributed by atoms with E-state index < -0.39 is 0 Å². The second-order valence-electron chi connectivity index (χ2n) is 2.68. The zero-order valence-electron chi connectivity index (χ0n) is 6.05. The van der Waals surface area contributed by atoms with Crippen LogP contribution >= 0.6 is 0 Å². The van der Waals surface area contributed by atoms with Gasteiger partial charge in [0.1, 0.15) is 11.5 Å². The molecule has 0 amide bonds. The highest BCUT2D eigenvalue weighted by atomic mass is 16.3. The van der Waals surface area contributed by atoms with Crippen molar-refractivity contribution in [3.8, 4) is 0 Å². The number of hydrogen-bond donors (Lipinski definition) is 0. The predicted molar refractivity (Wildman–Crippen MR) is 40.8 cm³/mol. The molecular weight excluding hydrogens is 124 g/mol. The smallest absolute Gasteiger partial charge is 0.111 e. The van der Waals surface area contributed by atoms with Crippen LogP contribution in [0.2, 0.25) is 0 Å². The fraction of sp³-hybridized carbons (Fsp3) is 0.333. The highest BCUT2D eigenvalue weighted by molar-refractivity contribution is 5.54. The Balaban J connectivity index is 2.53. The summed E-state index contributed by atoms with van der Waals surface area (Å²) in [4.78, 5) is 0. The summed E-state index contributed by atoms with van der Waals surface area (Å²) in [6, 6.07) is 2.09. The molecule has 0 bridgehead atoms. The number of aryl methyl sites for hydroxylation is 2. The van der Waals surface area contributed by atoms with Gasteiger partial charge in [-0.2, -0.15) is 0 Å². The summed E-state index contributed by atoms with van der Waals surface area (Å²) in [5, 5.41) is 0. The van der Waals surface area contributed by atoms with Crippen molar-refractivity contribution in [2.24, 2.45) is 0 Å². The molecule has 0 atom stereocenters. The van der Waals surface area contributed by atoms with Crippen molar-refractivity contribution in [1.29, 1.82) is 0 Å². The molecule has 0 radical (unpaired) electrons. The van der Waals surface area contributed by atoms with Crippen molar-refractivity contribution in [3.05, 3.63) is 29.2 Å². The van der Waals surface area contributed by atoms with Crippen LogP contribution in [0.4, 0.5) is 0 Å². The lowest BCUT2D eigenvalue weighted by Gasteiger charge is -2.00. The van der Waals surface area contributed by atoms with Crippen LogP contribution in [0.15, 0.2) is 16.6 Å². The largest absolute Gasteiger partial charge is 0.466 e. The molecule has 1 aliphatic carbocycles. The predicted octanol–water partition coefficient (Wildman–Crippen LogP) is 2.55. The summed E-state index contributed by atoms with van der Waals surface area (Å²) in [5.41, 5.74) is 1.27. The van der Waals surface area contributed by atoms with Crippen LogP contribution in [0.3, 0.4) is 0 Å². The van der Waals surface area contributed by atoms with E-state index in [1.807, 2.05) is 6.92 Å². The van der Waals surface area contributed by atoms with Gasteiger partial charge in [-0.3, -0.25) is 0 Å². The van der Waals surface area contributed by atoms with Gasteiger partial charge in [0.05, 0.1) is 0 Å². The Morgan fingerprint density at radius 2 is 2.40 bits per heavy atom. The van der Waals surface area contributed by atoms with Gasteiger partial charge in [0.2, 0.25) is 0 Å². The molecule has 0 fully saturated rings. The Labute approximate surface area is 60.4 Å². The van der Waals surface area contributed by atoms with Gasteiger partial charge in [-0.25, -0.2) is 0 Å². The van der Waals surface area contributed by atoms with Crippen molar-refractivity contribution in [3.63, 3.8) is 0 Å². The summed E-state index contributed by atoms with van der Waals surface area (Å²) in [6.07, 6.45) is 6.52. The molecule has 1 heteroatoms. The minimum absolute atomic E-state index is 1.02. The zero-order valence-corrected chi connectivity index (χ0v) is 6.05. The maximum absolute atomic E-state index is 5.45. The Hall–Kier alpha value is -0.980. The number of fused-ring (bicyclic) bond motifs is 1. The van der Waals surface area contributed by atoms with Gasteiger partial charge in [-0.05, 0) is 19.4 Å². The first kappa shape index (κ1) is 5.78. The van der Waals surface area contributed by atoms with E-state index in [-0.39, 0.29) is 0 Å². The molecule has 1 aliphatic rings. The molecule has 52 valence electrons. The number of allylic oxidation sites excluding steroid dienone is 1. The van der Waals surface area contributed by atoms with Gasteiger partial charge in [-0.1, -0.05) is 12.2 Å². The molecule has 10 heavy (non-hydrogen) atoms. The molecule has 1 nitrogen and oxygen atoms in total. The van der Waals surface area contributed by atoms with Crippen LogP contribution in [0.5, 0.6) is 0 Å². The van der Waals surface area contributed by atoms with Crippen LogP contribution in [0.25, 0.3) is 6.08 Å². The van der Waals surface area contributed by atoms with E-state index >= 15 is 0 Å². The molecule has 0 spiro atoms.